The molecule has 0 unspecified atom stereocenters. The van der Waals surface area contributed by atoms with E-state index >= 15 is 0 Å². The van der Waals surface area contributed by atoms with Crippen molar-refractivity contribution in [3.05, 3.63) is 62.6 Å². The summed E-state index contributed by atoms with van der Waals surface area (Å²) in [6, 6.07) is 8.61. The number of halogens is 2. The molecule has 0 aromatic heterocycles. The molecule has 0 radical (unpaired) electrons. The molecule has 0 aliphatic carbocycles. The van der Waals surface area contributed by atoms with Crippen molar-refractivity contribution in [1.82, 2.24) is 4.90 Å². The highest BCUT2D eigenvalue weighted by Gasteiger charge is 2.17. The van der Waals surface area contributed by atoms with Crippen LogP contribution >= 0.6 is 23.2 Å². The van der Waals surface area contributed by atoms with Gasteiger partial charge in [0.25, 0.3) is 5.91 Å². The van der Waals surface area contributed by atoms with E-state index in [4.69, 9.17) is 23.2 Å². The molecule has 0 heterocycles. The van der Waals surface area contributed by atoms with Crippen LogP contribution in [-0.4, -0.2) is 30.3 Å². The first-order chi connectivity index (χ1) is 11.7. The molecule has 0 aliphatic rings. The number of aryl methyl sites for hydroxylation is 3. The second-order valence-electron chi connectivity index (χ2n) is 6.14. The predicted molar refractivity (Wildman–Crippen MR) is 103 cm³/mol. The molecule has 0 fully saturated rings. The van der Waals surface area contributed by atoms with Crippen molar-refractivity contribution in [2.24, 2.45) is 0 Å². The lowest BCUT2D eigenvalue weighted by Crippen LogP contribution is -2.35. The molecule has 0 spiro atoms. The molecule has 2 rings (SSSR count). The zero-order valence-corrected chi connectivity index (χ0v) is 16.1. The largest absolute Gasteiger partial charge is 0.332 e. The summed E-state index contributed by atoms with van der Waals surface area (Å²) < 4.78 is 0. The van der Waals surface area contributed by atoms with Crippen LogP contribution in [0.1, 0.15) is 27.0 Å². The average Bonchev–Trinajstić information content (AvgIpc) is 2.49. The zero-order chi connectivity index (χ0) is 18.7. The number of nitrogens with one attached hydrogen (secondary N) is 1. The van der Waals surface area contributed by atoms with Gasteiger partial charge in [0.1, 0.15) is 0 Å². The summed E-state index contributed by atoms with van der Waals surface area (Å²) in [5.74, 6) is -0.587. The first-order valence-corrected chi connectivity index (χ1v) is 8.52. The van der Waals surface area contributed by atoms with Crippen LogP contribution in [0.25, 0.3) is 0 Å². The monoisotopic (exact) mass is 378 g/mol. The molecule has 0 aliphatic heterocycles. The molecule has 0 saturated carbocycles. The second kappa shape index (κ2) is 7.89. The molecule has 132 valence electrons. The maximum absolute atomic E-state index is 12.4. The Balaban J connectivity index is 2.08. The molecule has 1 N–H and O–H groups in total. The second-order valence-corrected chi connectivity index (χ2v) is 7.01. The van der Waals surface area contributed by atoms with E-state index in [2.05, 4.69) is 5.32 Å². The number of nitrogens with zero attached hydrogens (tertiary/aromatic N) is 1. The normalized spacial score (nSPS) is 10.5. The number of likely N-dealkylation sites (N-methyl/N-ethyl adjacent to an activating group) is 1. The van der Waals surface area contributed by atoms with Crippen molar-refractivity contribution in [1.29, 1.82) is 0 Å². The lowest BCUT2D eigenvalue weighted by Gasteiger charge is -2.19. The molecular weight excluding hydrogens is 359 g/mol. The summed E-state index contributed by atoms with van der Waals surface area (Å²) >= 11 is 11.9. The quantitative estimate of drug-likeness (QED) is 0.842. The number of rotatable bonds is 4. The summed E-state index contributed by atoms with van der Waals surface area (Å²) in [6.07, 6.45) is 0. The number of carbonyl (C=O) groups excluding carboxylic acids is 2. The number of carbonyl (C=O) groups is 2. The molecule has 2 amide bonds. The van der Waals surface area contributed by atoms with E-state index in [1.54, 1.807) is 13.1 Å². The Morgan fingerprint density at radius 2 is 1.48 bits per heavy atom. The molecule has 2 aromatic carbocycles. The Hall–Kier alpha value is -2.04. The van der Waals surface area contributed by atoms with Crippen LogP contribution in [0.5, 0.6) is 0 Å². The number of benzene rings is 2. The Morgan fingerprint density at radius 1 is 0.960 bits per heavy atom. The van der Waals surface area contributed by atoms with Crippen LogP contribution in [0.2, 0.25) is 10.0 Å². The van der Waals surface area contributed by atoms with Gasteiger partial charge in [-0.1, -0.05) is 40.9 Å². The maximum Gasteiger partial charge on any atom is 0.254 e. The standard InChI is InChI=1S/C19H20Cl2N2O2/c1-11-5-12(2)18(13(3)6-11)22-17(24)10-23(4)19(25)14-7-15(20)9-16(21)8-14/h5-9H,10H2,1-4H3,(H,22,24). The number of hydrogen-bond donors (Lipinski definition) is 1. The maximum atomic E-state index is 12.4. The van der Waals surface area contributed by atoms with E-state index in [0.29, 0.717) is 15.6 Å². The fourth-order valence-corrected chi connectivity index (χ4v) is 3.27. The number of hydrogen-bond acceptors (Lipinski definition) is 2. The first kappa shape index (κ1) is 19.3. The molecule has 6 heteroatoms. The highest BCUT2D eigenvalue weighted by molar-refractivity contribution is 6.35. The van der Waals surface area contributed by atoms with Crippen LogP contribution in [0, 0.1) is 20.8 Å². The van der Waals surface area contributed by atoms with Crippen molar-refractivity contribution < 1.29 is 9.59 Å². The summed E-state index contributed by atoms with van der Waals surface area (Å²) in [6.45, 7) is 5.82. The molecule has 4 nitrogen and oxygen atoms in total. The van der Waals surface area contributed by atoms with Gasteiger partial charge in [0.2, 0.25) is 5.91 Å². The van der Waals surface area contributed by atoms with Gasteiger partial charge in [-0.15, -0.1) is 0 Å². The summed E-state index contributed by atoms with van der Waals surface area (Å²) in [7, 11) is 1.56. The summed E-state index contributed by atoms with van der Waals surface area (Å²) in [4.78, 5) is 26.1. The van der Waals surface area contributed by atoms with Crippen molar-refractivity contribution in [2.75, 3.05) is 18.9 Å². The smallest absolute Gasteiger partial charge is 0.254 e. The molecule has 25 heavy (non-hydrogen) atoms. The van der Waals surface area contributed by atoms with Gasteiger partial charge < -0.3 is 10.2 Å². The lowest BCUT2D eigenvalue weighted by molar-refractivity contribution is -0.116. The third-order valence-corrected chi connectivity index (χ3v) is 4.21. The fraction of sp³-hybridized carbons (Fsp3) is 0.263. The summed E-state index contributed by atoms with van der Waals surface area (Å²) in [5.41, 5.74) is 4.23. The SMILES string of the molecule is Cc1cc(C)c(NC(=O)CN(C)C(=O)c2cc(Cl)cc(Cl)c2)c(C)c1. The van der Waals surface area contributed by atoms with Crippen molar-refractivity contribution >= 4 is 40.7 Å². The van der Waals surface area contributed by atoms with Crippen LogP contribution in [-0.2, 0) is 4.79 Å². The predicted octanol–water partition coefficient (Wildman–Crippen LogP) is 4.63. The van der Waals surface area contributed by atoms with E-state index in [1.165, 1.54) is 17.0 Å². The fourth-order valence-electron chi connectivity index (χ4n) is 2.74. The molecular formula is C19H20Cl2N2O2. The Morgan fingerprint density at radius 3 is 2.00 bits per heavy atom. The minimum atomic E-state index is -0.322. The molecule has 2 aromatic rings. The average molecular weight is 379 g/mol. The van der Waals surface area contributed by atoms with Gasteiger partial charge in [0, 0.05) is 28.3 Å². The highest BCUT2D eigenvalue weighted by Crippen LogP contribution is 2.22. The van der Waals surface area contributed by atoms with Gasteiger partial charge >= 0.3 is 0 Å². The molecule has 0 saturated heterocycles. The zero-order valence-electron chi connectivity index (χ0n) is 14.6. The number of anilines is 1. The van der Waals surface area contributed by atoms with Crippen molar-refractivity contribution in [3.8, 4) is 0 Å². The van der Waals surface area contributed by atoms with Crippen LogP contribution in [0.4, 0.5) is 5.69 Å². The highest BCUT2D eigenvalue weighted by atomic mass is 35.5. The van der Waals surface area contributed by atoms with E-state index in [-0.39, 0.29) is 18.4 Å². The Kier molecular flexibility index (Phi) is 6.09. The van der Waals surface area contributed by atoms with E-state index < -0.39 is 0 Å². The van der Waals surface area contributed by atoms with Gasteiger partial charge in [0.05, 0.1) is 6.54 Å². The minimum Gasteiger partial charge on any atom is -0.332 e. The van der Waals surface area contributed by atoms with Crippen molar-refractivity contribution in [2.45, 2.75) is 20.8 Å². The van der Waals surface area contributed by atoms with Gasteiger partial charge in [-0.2, -0.15) is 0 Å². The first-order valence-electron chi connectivity index (χ1n) is 7.76. The van der Waals surface area contributed by atoms with Crippen LogP contribution in [0.15, 0.2) is 30.3 Å². The van der Waals surface area contributed by atoms with E-state index in [9.17, 15) is 9.59 Å². The minimum absolute atomic E-state index is 0.0737. The third-order valence-electron chi connectivity index (χ3n) is 3.78. The third kappa shape index (κ3) is 4.97. The van der Waals surface area contributed by atoms with Gasteiger partial charge in [-0.05, 0) is 50.1 Å². The van der Waals surface area contributed by atoms with Gasteiger partial charge in [-0.3, -0.25) is 9.59 Å². The number of amides is 2. The Bertz CT molecular complexity index is 791. The van der Waals surface area contributed by atoms with Crippen molar-refractivity contribution in [3.63, 3.8) is 0 Å². The Labute approximate surface area is 157 Å². The topological polar surface area (TPSA) is 49.4 Å². The van der Waals surface area contributed by atoms with Gasteiger partial charge in [0.15, 0.2) is 0 Å². The van der Waals surface area contributed by atoms with E-state index in [0.717, 1.165) is 22.4 Å². The molecule has 0 bridgehead atoms. The van der Waals surface area contributed by atoms with Crippen LogP contribution in [0.3, 0.4) is 0 Å². The molecule has 0 atom stereocenters. The van der Waals surface area contributed by atoms with E-state index in [1.807, 2.05) is 32.9 Å². The summed E-state index contributed by atoms with van der Waals surface area (Å²) in [5, 5.41) is 3.63. The van der Waals surface area contributed by atoms with Crippen LogP contribution < -0.4 is 5.32 Å². The van der Waals surface area contributed by atoms with Gasteiger partial charge in [-0.25, -0.2) is 0 Å². The lowest BCUT2D eigenvalue weighted by atomic mass is 10.1.